The van der Waals surface area contributed by atoms with Gasteiger partial charge in [-0.25, -0.2) is 4.39 Å². The average Bonchev–Trinajstić information content (AvgIpc) is 2.41. The van der Waals surface area contributed by atoms with Gasteiger partial charge in [0, 0.05) is 6.04 Å². The number of anilines is 2. The van der Waals surface area contributed by atoms with Crippen LogP contribution >= 0.6 is 0 Å². The number of hydrogen-bond donors (Lipinski definition) is 2. The van der Waals surface area contributed by atoms with Gasteiger partial charge in [0.1, 0.15) is 11.6 Å². The van der Waals surface area contributed by atoms with Crippen LogP contribution in [0.2, 0.25) is 0 Å². The van der Waals surface area contributed by atoms with Crippen LogP contribution in [0.3, 0.4) is 0 Å². The van der Waals surface area contributed by atoms with Crippen LogP contribution in [0, 0.1) is 5.82 Å². The van der Waals surface area contributed by atoms with Crippen molar-refractivity contribution in [3.05, 3.63) is 53.8 Å². The molecule has 0 bridgehead atoms. The number of nitrogen functional groups attached to an aromatic ring is 1. The summed E-state index contributed by atoms with van der Waals surface area (Å²) in [6, 6.07) is 12.0. The Hall–Kier alpha value is -2.23. The van der Waals surface area contributed by atoms with Crippen molar-refractivity contribution in [1.29, 1.82) is 0 Å². The van der Waals surface area contributed by atoms with Crippen molar-refractivity contribution >= 4 is 11.4 Å². The predicted molar refractivity (Wildman–Crippen MR) is 75.8 cm³/mol. The zero-order valence-electron chi connectivity index (χ0n) is 11.0. The van der Waals surface area contributed by atoms with E-state index in [4.69, 9.17) is 10.5 Å². The van der Waals surface area contributed by atoms with Gasteiger partial charge in [-0.1, -0.05) is 18.2 Å². The van der Waals surface area contributed by atoms with Crippen LogP contribution in [-0.4, -0.2) is 7.11 Å². The number of halogens is 1. The van der Waals surface area contributed by atoms with Crippen LogP contribution in [0.5, 0.6) is 5.75 Å². The first-order chi connectivity index (χ1) is 9.11. The second kappa shape index (κ2) is 5.61. The van der Waals surface area contributed by atoms with Crippen LogP contribution in [0.15, 0.2) is 42.5 Å². The molecule has 1 unspecified atom stereocenters. The van der Waals surface area contributed by atoms with Gasteiger partial charge in [-0.2, -0.15) is 0 Å². The van der Waals surface area contributed by atoms with Crippen LogP contribution in [0.1, 0.15) is 18.5 Å². The predicted octanol–water partition coefficient (Wildman–Crippen LogP) is 3.59. The van der Waals surface area contributed by atoms with E-state index in [1.807, 2.05) is 25.1 Å². The maximum Gasteiger partial charge on any atom is 0.143 e. The van der Waals surface area contributed by atoms with Crippen LogP contribution < -0.4 is 15.8 Å². The first kappa shape index (κ1) is 13.2. The Kier molecular flexibility index (Phi) is 3.90. The Bertz CT molecular complexity index is 572. The van der Waals surface area contributed by atoms with Gasteiger partial charge in [-0.15, -0.1) is 0 Å². The standard InChI is InChI=1S/C15H17FN2O/c1-10(11-5-3-6-12(16)9-11)18-13-7-4-8-14(19-2)15(13)17/h3-10,18H,17H2,1-2H3. The van der Waals surface area contributed by atoms with E-state index in [-0.39, 0.29) is 11.9 Å². The first-order valence-electron chi connectivity index (χ1n) is 6.06. The zero-order valence-corrected chi connectivity index (χ0v) is 11.0. The summed E-state index contributed by atoms with van der Waals surface area (Å²) in [5.74, 6) is 0.376. The van der Waals surface area contributed by atoms with Gasteiger partial charge < -0.3 is 15.8 Å². The molecule has 2 aromatic carbocycles. The van der Waals surface area contributed by atoms with Gasteiger partial charge in [0.05, 0.1) is 18.5 Å². The number of para-hydroxylation sites is 1. The van der Waals surface area contributed by atoms with Gasteiger partial charge in [-0.3, -0.25) is 0 Å². The monoisotopic (exact) mass is 260 g/mol. The fourth-order valence-corrected chi connectivity index (χ4v) is 1.94. The number of benzene rings is 2. The molecule has 0 radical (unpaired) electrons. The van der Waals surface area contributed by atoms with Gasteiger partial charge in [0.2, 0.25) is 0 Å². The molecule has 19 heavy (non-hydrogen) atoms. The van der Waals surface area contributed by atoms with Gasteiger partial charge in [0.15, 0.2) is 0 Å². The van der Waals surface area contributed by atoms with Gasteiger partial charge >= 0.3 is 0 Å². The summed E-state index contributed by atoms with van der Waals surface area (Å²) in [5, 5.41) is 3.26. The molecule has 3 N–H and O–H groups in total. The van der Waals surface area contributed by atoms with Crippen molar-refractivity contribution in [2.45, 2.75) is 13.0 Å². The van der Waals surface area contributed by atoms with E-state index in [1.165, 1.54) is 12.1 Å². The zero-order chi connectivity index (χ0) is 13.8. The molecular formula is C15H17FN2O. The van der Waals surface area contributed by atoms with Crippen molar-refractivity contribution in [3.8, 4) is 5.75 Å². The SMILES string of the molecule is COc1cccc(NC(C)c2cccc(F)c2)c1N. The number of hydrogen-bond acceptors (Lipinski definition) is 3. The third-order valence-corrected chi connectivity index (χ3v) is 3.01. The highest BCUT2D eigenvalue weighted by Gasteiger charge is 2.10. The van der Waals surface area contributed by atoms with E-state index < -0.39 is 0 Å². The molecule has 0 aliphatic heterocycles. The summed E-state index contributed by atoms with van der Waals surface area (Å²) >= 11 is 0. The van der Waals surface area contributed by atoms with Crippen molar-refractivity contribution in [2.24, 2.45) is 0 Å². The number of ether oxygens (including phenoxy) is 1. The molecule has 0 saturated carbocycles. The fourth-order valence-electron chi connectivity index (χ4n) is 1.94. The van der Waals surface area contributed by atoms with E-state index in [9.17, 15) is 4.39 Å². The Morgan fingerprint density at radius 1 is 1.21 bits per heavy atom. The Labute approximate surface area is 112 Å². The Morgan fingerprint density at radius 2 is 1.95 bits per heavy atom. The van der Waals surface area contributed by atoms with Crippen LogP contribution in [0.4, 0.5) is 15.8 Å². The molecule has 100 valence electrons. The second-order valence-electron chi connectivity index (χ2n) is 4.34. The lowest BCUT2D eigenvalue weighted by Crippen LogP contribution is -2.09. The van der Waals surface area contributed by atoms with E-state index in [0.717, 1.165) is 11.3 Å². The molecule has 0 heterocycles. The summed E-state index contributed by atoms with van der Waals surface area (Å²) in [4.78, 5) is 0. The quantitative estimate of drug-likeness (QED) is 0.826. The molecule has 0 fully saturated rings. The summed E-state index contributed by atoms with van der Waals surface area (Å²) < 4.78 is 18.4. The number of nitrogens with one attached hydrogen (secondary N) is 1. The third-order valence-electron chi connectivity index (χ3n) is 3.01. The summed E-state index contributed by atoms with van der Waals surface area (Å²) in [6.07, 6.45) is 0. The molecule has 0 saturated heterocycles. The lowest BCUT2D eigenvalue weighted by molar-refractivity contribution is 0.417. The van der Waals surface area contributed by atoms with Crippen molar-refractivity contribution in [2.75, 3.05) is 18.2 Å². The minimum absolute atomic E-state index is 0.0508. The minimum atomic E-state index is -0.246. The molecule has 3 nitrogen and oxygen atoms in total. The van der Waals surface area contributed by atoms with Gasteiger partial charge in [-0.05, 0) is 36.8 Å². The lowest BCUT2D eigenvalue weighted by Gasteiger charge is -2.18. The molecule has 4 heteroatoms. The topological polar surface area (TPSA) is 47.3 Å². The molecule has 0 aliphatic rings. The molecule has 2 rings (SSSR count). The maximum absolute atomic E-state index is 13.2. The van der Waals surface area contributed by atoms with Crippen molar-refractivity contribution < 1.29 is 9.13 Å². The maximum atomic E-state index is 13.2. The van der Waals surface area contributed by atoms with E-state index in [2.05, 4.69) is 5.32 Å². The van der Waals surface area contributed by atoms with E-state index in [1.54, 1.807) is 19.2 Å². The molecule has 0 spiro atoms. The molecule has 1 atom stereocenters. The fraction of sp³-hybridized carbons (Fsp3) is 0.200. The molecule has 0 amide bonds. The first-order valence-corrected chi connectivity index (χ1v) is 6.06. The smallest absolute Gasteiger partial charge is 0.143 e. The summed E-state index contributed by atoms with van der Waals surface area (Å²) in [5.41, 5.74) is 8.18. The highest BCUT2D eigenvalue weighted by atomic mass is 19.1. The summed E-state index contributed by atoms with van der Waals surface area (Å²) in [6.45, 7) is 1.95. The summed E-state index contributed by atoms with van der Waals surface area (Å²) in [7, 11) is 1.57. The highest BCUT2D eigenvalue weighted by molar-refractivity contribution is 5.73. The van der Waals surface area contributed by atoms with Crippen LogP contribution in [0.25, 0.3) is 0 Å². The Morgan fingerprint density at radius 3 is 2.63 bits per heavy atom. The Balaban J connectivity index is 2.21. The van der Waals surface area contributed by atoms with Gasteiger partial charge in [0.25, 0.3) is 0 Å². The van der Waals surface area contributed by atoms with E-state index >= 15 is 0 Å². The minimum Gasteiger partial charge on any atom is -0.495 e. The lowest BCUT2D eigenvalue weighted by atomic mass is 10.1. The molecule has 0 aromatic heterocycles. The number of rotatable bonds is 4. The highest BCUT2D eigenvalue weighted by Crippen LogP contribution is 2.31. The average molecular weight is 260 g/mol. The van der Waals surface area contributed by atoms with E-state index in [0.29, 0.717) is 11.4 Å². The molecule has 2 aromatic rings. The number of nitrogens with two attached hydrogens (primary N) is 1. The van der Waals surface area contributed by atoms with Crippen molar-refractivity contribution in [3.63, 3.8) is 0 Å². The molecular weight excluding hydrogens is 243 g/mol. The van der Waals surface area contributed by atoms with Crippen molar-refractivity contribution in [1.82, 2.24) is 0 Å². The number of methoxy groups -OCH3 is 1. The second-order valence-corrected chi connectivity index (χ2v) is 4.34. The molecule has 0 aliphatic carbocycles. The normalized spacial score (nSPS) is 11.9. The van der Waals surface area contributed by atoms with Crippen LogP contribution in [-0.2, 0) is 0 Å². The third kappa shape index (κ3) is 2.96. The largest absolute Gasteiger partial charge is 0.495 e.